The fourth-order valence-corrected chi connectivity index (χ4v) is 3.78. The highest BCUT2D eigenvalue weighted by Gasteiger charge is 2.35. The van der Waals surface area contributed by atoms with Crippen molar-refractivity contribution in [2.75, 3.05) is 20.1 Å². The van der Waals surface area contributed by atoms with Crippen LogP contribution in [0.3, 0.4) is 0 Å². The second kappa shape index (κ2) is 6.46. The Bertz CT molecular complexity index is 497. The second-order valence-corrected chi connectivity index (χ2v) is 6.38. The van der Waals surface area contributed by atoms with E-state index in [9.17, 15) is 0 Å². The van der Waals surface area contributed by atoms with E-state index < -0.39 is 0 Å². The van der Waals surface area contributed by atoms with Gasteiger partial charge in [0.05, 0.1) is 12.2 Å². The quantitative estimate of drug-likeness (QED) is 0.671. The van der Waals surface area contributed by atoms with Gasteiger partial charge in [-0.1, -0.05) is 18.9 Å². The first-order valence-corrected chi connectivity index (χ1v) is 8.14. The summed E-state index contributed by atoms with van der Waals surface area (Å²) in [4.78, 5) is 11.4. The minimum atomic E-state index is 0.755. The van der Waals surface area contributed by atoms with E-state index in [1.165, 1.54) is 44.3 Å². The minimum Gasteiger partial charge on any atom is -0.351 e. The summed E-state index contributed by atoms with van der Waals surface area (Å²) in [5, 5.41) is 3.49. The van der Waals surface area contributed by atoms with Crippen molar-refractivity contribution in [2.24, 2.45) is 16.8 Å². The molecule has 4 heteroatoms. The number of nitrogens with zero attached hydrogens (tertiary/aromatic N) is 3. The molecule has 0 aromatic carbocycles. The van der Waals surface area contributed by atoms with Crippen LogP contribution in [0.1, 0.15) is 36.9 Å². The van der Waals surface area contributed by atoms with Crippen LogP contribution in [0.4, 0.5) is 0 Å². The molecule has 1 saturated carbocycles. The molecule has 0 bridgehead atoms. The number of likely N-dealkylation sites (tertiary alicyclic amines) is 1. The van der Waals surface area contributed by atoms with Crippen LogP contribution >= 0.6 is 0 Å². The Hall–Kier alpha value is -1.58. The van der Waals surface area contributed by atoms with Crippen molar-refractivity contribution >= 4 is 5.96 Å². The van der Waals surface area contributed by atoms with Gasteiger partial charge < -0.3 is 10.2 Å². The van der Waals surface area contributed by atoms with Crippen molar-refractivity contribution in [1.82, 2.24) is 15.2 Å². The Balaban J connectivity index is 1.60. The predicted molar refractivity (Wildman–Crippen MR) is 86.2 cm³/mol. The predicted octanol–water partition coefficient (Wildman–Crippen LogP) is 2.59. The molecule has 2 unspecified atom stereocenters. The molecule has 0 spiro atoms. The number of hydrogen-bond donors (Lipinski definition) is 1. The summed E-state index contributed by atoms with van der Waals surface area (Å²) >= 11 is 0. The molecule has 1 aromatic rings. The van der Waals surface area contributed by atoms with Gasteiger partial charge in [-0.15, -0.1) is 0 Å². The number of aliphatic imine (C=N–C) groups is 1. The molecule has 1 aliphatic carbocycles. The Morgan fingerprint density at radius 1 is 1.33 bits per heavy atom. The number of aryl methyl sites for hydroxylation is 1. The van der Waals surface area contributed by atoms with E-state index >= 15 is 0 Å². The maximum absolute atomic E-state index is 4.48. The first kappa shape index (κ1) is 14.4. The Morgan fingerprint density at radius 3 is 2.67 bits per heavy atom. The van der Waals surface area contributed by atoms with E-state index in [1.807, 2.05) is 19.3 Å². The van der Waals surface area contributed by atoms with Crippen LogP contribution in [0.2, 0.25) is 0 Å². The molecule has 2 fully saturated rings. The van der Waals surface area contributed by atoms with E-state index in [2.05, 4.69) is 33.2 Å². The third-order valence-electron chi connectivity index (χ3n) is 5.02. The number of pyridine rings is 1. The number of nitrogens with one attached hydrogen (secondary N) is 1. The lowest BCUT2D eigenvalue weighted by Crippen LogP contribution is -2.40. The molecule has 1 aromatic heterocycles. The summed E-state index contributed by atoms with van der Waals surface area (Å²) in [6, 6.07) is 4.09. The van der Waals surface area contributed by atoms with Gasteiger partial charge in [-0.2, -0.15) is 0 Å². The van der Waals surface area contributed by atoms with Crippen LogP contribution in [-0.2, 0) is 6.54 Å². The topological polar surface area (TPSA) is 40.5 Å². The van der Waals surface area contributed by atoms with Gasteiger partial charge in [-0.25, -0.2) is 0 Å². The summed E-state index contributed by atoms with van der Waals surface area (Å²) in [6.07, 6.45) is 7.48. The van der Waals surface area contributed by atoms with Crippen molar-refractivity contribution in [3.8, 4) is 0 Å². The SMILES string of the molecule is CN=C(NCc1ncccc1C)N1CC2CCCCC2C1. The number of aromatic nitrogens is 1. The third-order valence-corrected chi connectivity index (χ3v) is 5.02. The molecule has 114 valence electrons. The average molecular weight is 286 g/mol. The molecule has 4 nitrogen and oxygen atoms in total. The summed E-state index contributed by atoms with van der Waals surface area (Å²) < 4.78 is 0. The highest BCUT2D eigenvalue weighted by Crippen LogP contribution is 2.35. The molecule has 1 saturated heterocycles. The number of fused-ring (bicyclic) bond motifs is 1. The van der Waals surface area contributed by atoms with Crippen molar-refractivity contribution in [1.29, 1.82) is 0 Å². The molecular formula is C17H26N4. The van der Waals surface area contributed by atoms with Gasteiger partial charge in [0, 0.05) is 26.3 Å². The van der Waals surface area contributed by atoms with E-state index in [0.29, 0.717) is 0 Å². The van der Waals surface area contributed by atoms with Gasteiger partial charge in [-0.3, -0.25) is 9.98 Å². The lowest BCUT2D eigenvalue weighted by molar-refractivity contribution is 0.299. The van der Waals surface area contributed by atoms with Crippen LogP contribution in [0.15, 0.2) is 23.3 Å². The summed E-state index contributed by atoms with van der Waals surface area (Å²) in [7, 11) is 1.88. The Kier molecular flexibility index (Phi) is 4.42. The fourth-order valence-electron chi connectivity index (χ4n) is 3.78. The first-order valence-electron chi connectivity index (χ1n) is 8.14. The number of rotatable bonds is 2. The average Bonchev–Trinajstić information content (AvgIpc) is 2.93. The van der Waals surface area contributed by atoms with Gasteiger partial charge in [0.25, 0.3) is 0 Å². The molecule has 21 heavy (non-hydrogen) atoms. The van der Waals surface area contributed by atoms with Crippen molar-refractivity contribution in [2.45, 2.75) is 39.2 Å². The summed E-state index contributed by atoms with van der Waals surface area (Å²) in [5.41, 5.74) is 2.34. The molecule has 0 amide bonds. The third kappa shape index (κ3) is 3.20. The molecule has 2 aliphatic rings. The monoisotopic (exact) mass is 286 g/mol. The highest BCUT2D eigenvalue weighted by atomic mass is 15.3. The highest BCUT2D eigenvalue weighted by molar-refractivity contribution is 5.80. The first-order chi connectivity index (χ1) is 10.3. The van der Waals surface area contributed by atoms with Gasteiger partial charge in [0.1, 0.15) is 0 Å². The van der Waals surface area contributed by atoms with Crippen molar-refractivity contribution in [3.63, 3.8) is 0 Å². The zero-order valence-corrected chi connectivity index (χ0v) is 13.2. The van der Waals surface area contributed by atoms with Crippen LogP contribution in [0.5, 0.6) is 0 Å². The van der Waals surface area contributed by atoms with Crippen molar-refractivity contribution < 1.29 is 0 Å². The van der Waals surface area contributed by atoms with Crippen LogP contribution in [0.25, 0.3) is 0 Å². The maximum Gasteiger partial charge on any atom is 0.193 e. The maximum atomic E-state index is 4.48. The standard InChI is InChI=1S/C17H26N4/c1-13-6-5-9-19-16(13)10-20-17(18-2)21-11-14-7-3-4-8-15(14)12-21/h5-6,9,14-15H,3-4,7-8,10-12H2,1-2H3,(H,18,20). The Labute approximate surface area is 127 Å². The van der Waals surface area contributed by atoms with E-state index in [1.54, 1.807) is 0 Å². The summed E-state index contributed by atoms with van der Waals surface area (Å²) in [6.45, 7) is 5.21. The molecule has 1 N–H and O–H groups in total. The minimum absolute atomic E-state index is 0.755. The van der Waals surface area contributed by atoms with Gasteiger partial charge in [0.15, 0.2) is 5.96 Å². The molecule has 0 radical (unpaired) electrons. The Morgan fingerprint density at radius 2 is 2.05 bits per heavy atom. The fraction of sp³-hybridized carbons (Fsp3) is 0.647. The van der Waals surface area contributed by atoms with E-state index in [-0.39, 0.29) is 0 Å². The normalized spacial score (nSPS) is 25.8. The zero-order valence-electron chi connectivity index (χ0n) is 13.2. The molecule has 3 rings (SSSR count). The van der Waals surface area contributed by atoms with E-state index in [0.717, 1.165) is 30.0 Å². The molecule has 1 aliphatic heterocycles. The molecule has 2 heterocycles. The van der Waals surface area contributed by atoms with Gasteiger partial charge in [0.2, 0.25) is 0 Å². The van der Waals surface area contributed by atoms with Crippen LogP contribution < -0.4 is 5.32 Å². The lowest BCUT2D eigenvalue weighted by atomic mass is 9.82. The van der Waals surface area contributed by atoms with E-state index in [4.69, 9.17) is 0 Å². The summed E-state index contributed by atoms with van der Waals surface area (Å²) in [5.74, 6) is 2.80. The van der Waals surface area contributed by atoms with Crippen LogP contribution in [-0.4, -0.2) is 36.0 Å². The molecule has 2 atom stereocenters. The van der Waals surface area contributed by atoms with Gasteiger partial charge in [-0.05, 0) is 43.2 Å². The smallest absolute Gasteiger partial charge is 0.193 e. The van der Waals surface area contributed by atoms with Gasteiger partial charge >= 0.3 is 0 Å². The van der Waals surface area contributed by atoms with Crippen LogP contribution in [0, 0.1) is 18.8 Å². The largest absolute Gasteiger partial charge is 0.351 e. The molecular weight excluding hydrogens is 260 g/mol. The number of guanidine groups is 1. The van der Waals surface area contributed by atoms with Crippen molar-refractivity contribution in [3.05, 3.63) is 29.6 Å². The lowest BCUT2D eigenvalue weighted by Gasteiger charge is -2.22. The zero-order chi connectivity index (χ0) is 14.7. The number of hydrogen-bond acceptors (Lipinski definition) is 2. The second-order valence-electron chi connectivity index (χ2n) is 6.38.